The van der Waals surface area contributed by atoms with E-state index in [2.05, 4.69) is 25.0 Å². The third kappa shape index (κ3) is 7.59. The molecule has 0 amide bonds. The zero-order valence-electron chi connectivity index (χ0n) is 24.0. The number of ether oxygens (including phenoxy) is 2. The van der Waals surface area contributed by atoms with Gasteiger partial charge in [-0.15, -0.1) is 0 Å². The third-order valence-electron chi connectivity index (χ3n) is 5.98. The molecular weight excluding hydrogens is 565 g/mol. The van der Waals surface area contributed by atoms with Gasteiger partial charge in [0.05, 0.1) is 33.0 Å². The fourth-order valence-electron chi connectivity index (χ4n) is 3.91. The number of aromatic nitrogens is 4. The summed E-state index contributed by atoms with van der Waals surface area (Å²) in [7, 11) is 0.720. The lowest BCUT2D eigenvalue weighted by atomic mass is 10.1. The molecule has 224 valence electrons. The van der Waals surface area contributed by atoms with Gasteiger partial charge in [0.2, 0.25) is 5.95 Å². The van der Waals surface area contributed by atoms with Crippen molar-refractivity contribution in [3.63, 3.8) is 0 Å². The molecule has 42 heavy (non-hydrogen) atoms. The quantitative estimate of drug-likeness (QED) is 0.0718. The Kier molecular flexibility index (Phi) is 10.1. The van der Waals surface area contributed by atoms with Crippen LogP contribution in [-0.4, -0.2) is 77.2 Å². The van der Waals surface area contributed by atoms with Gasteiger partial charge in [0.15, 0.2) is 11.2 Å². The Morgan fingerprint density at radius 1 is 1.19 bits per heavy atom. The summed E-state index contributed by atoms with van der Waals surface area (Å²) in [6.45, 7) is 3.38. The Morgan fingerprint density at radius 2 is 1.95 bits per heavy atom. The standard InChI is InChI=1S/C27H34N7O7P/c1-18(2)22(26(36)38-5)32-42(37,41-21-12-8-10-19-9-6-7-11-20(19)21)40-14-13-39-17-34-16-28-23-24(34)30-27(31-25(23)35)29-15-33(3)4/h6-12,15-16,18,22H,13-14,17H2,1-5H3,(H,32,37)(H,30,31,35)/b29-15+/t22-,42?/m1/s1. The number of fused-ring (bicyclic) bond motifs is 2. The molecule has 2 atom stereocenters. The molecule has 4 rings (SSSR count). The van der Waals surface area contributed by atoms with Crippen molar-refractivity contribution in [1.82, 2.24) is 29.5 Å². The van der Waals surface area contributed by atoms with Gasteiger partial charge in [0, 0.05) is 19.5 Å². The number of nitrogens with one attached hydrogen (secondary N) is 2. The fourth-order valence-corrected chi connectivity index (χ4v) is 5.57. The number of carbonyl (C=O) groups is 1. The number of benzene rings is 2. The molecule has 2 heterocycles. The minimum Gasteiger partial charge on any atom is -0.468 e. The number of hydrogen-bond acceptors (Lipinski definition) is 10. The molecule has 0 aliphatic heterocycles. The lowest BCUT2D eigenvalue weighted by molar-refractivity contribution is -0.143. The first-order valence-corrected chi connectivity index (χ1v) is 14.7. The maximum atomic E-state index is 14.0. The first-order chi connectivity index (χ1) is 20.1. The molecule has 0 fully saturated rings. The Bertz CT molecular complexity index is 1660. The van der Waals surface area contributed by atoms with Gasteiger partial charge in [-0.25, -0.2) is 14.5 Å². The van der Waals surface area contributed by atoms with E-state index in [-0.39, 0.29) is 43.0 Å². The molecule has 0 bridgehead atoms. The summed E-state index contributed by atoms with van der Waals surface area (Å²) in [5, 5.41) is 4.37. The Labute approximate surface area is 242 Å². The van der Waals surface area contributed by atoms with Gasteiger partial charge >= 0.3 is 13.7 Å². The highest BCUT2D eigenvalue weighted by molar-refractivity contribution is 7.52. The van der Waals surface area contributed by atoms with Crippen molar-refractivity contribution in [1.29, 1.82) is 0 Å². The Balaban J connectivity index is 1.47. The van der Waals surface area contributed by atoms with Crippen LogP contribution in [0.15, 0.2) is 58.6 Å². The van der Waals surface area contributed by atoms with Crippen LogP contribution in [-0.2, 0) is 30.1 Å². The summed E-state index contributed by atoms with van der Waals surface area (Å²) in [5.41, 5.74) is -0.00988. The number of carbonyl (C=O) groups excluding carboxylic acids is 1. The molecule has 2 aromatic heterocycles. The third-order valence-corrected chi connectivity index (χ3v) is 7.53. The molecule has 2 N–H and O–H groups in total. The average Bonchev–Trinajstić information content (AvgIpc) is 3.37. The van der Waals surface area contributed by atoms with Crippen LogP contribution in [0.1, 0.15) is 13.8 Å². The number of nitrogens with zero attached hydrogens (tertiary/aromatic N) is 5. The lowest BCUT2D eigenvalue weighted by Gasteiger charge is -2.26. The van der Waals surface area contributed by atoms with Crippen LogP contribution in [0.2, 0.25) is 0 Å². The monoisotopic (exact) mass is 599 g/mol. The number of methoxy groups -OCH3 is 1. The van der Waals surface area contributed by atoms with Gasteiger partial charge in [-0.3, -0.25) is 23.7 Å². The van der Waals surface area contributed by atoms with Crippen LogP contribution < -0.4 is 15.2 Å². The largest absolute Gasteiger partial charge is 0.468 e. The highest BCUT2D eigenvalue weighted by Gasteiger charge is 2.36. The predicted molar refractivity (Wildman–Crippen MR) is 158 cm³/mol. The number of rotatable bonds is 14. The molecular formula is C27H34N7O7P. The van der Waals surface area contributed by atoms with Crippen molar-refractivity contribution in [3.8, 4) is 5.75 Å². The van der Waals surface area contributed by atoms with Gasteiger partial charge < -0.3 is 18.9 Å². The topological polar surface area (TPSA) is 162 Å². The average molecular weight is 600 g/mol. The summed E-state index contributed by atoms with van der Waals surface area (Å²) >= 11 is 0. The second kappa shape index (κ2) is 13.7. The van der Waals surface area contributed by atoms with E-state index in [0.717, 1.165) is 10.8 Å². The molecule has 1 unspecified atom stereocenters. The predicted octanol–water partition coefficient (Wildman–Crippen LogP) is 3.46. The van der Waals surface area contributed by atoms with Crippen molar-refractivity contribution in [2.45, 2.75) is 26.6 Å². The van der Waals surface area contributed by atoms with E-state index in [1.807, 2.05) is 30.3 Å². The second-order valence-corrected chi connectivity index (χ2v) is 11.5. The summed E-state index contributed by atoms with van der Waals surface area (Å²) in [5.74, 6) is -0.436. The lowest BCUT2D eigenvalue weighted by Crippen LogP contribution is -2.41. The number of H-pyrrole nitrogens is 1. The van der Waals surface area contributed by atoms with Crippen LogP contribution in [0.4, 0.5) is 5.95 Å². The number of aromatic amines is 1. The van der Waals surface area contributed by atoms with Gasteiger partial charge in [-0.2, -0.15) is 10.1 Å². The molecule has 0 radical (unpaired) electrons. The number of imidazole rings is 1. The highest BCUT2D eigenvalue weighted by Crippen LogP contribution is 2.47. The molecule has 0 saturated heterocycles. The fraction of sp³-hybridized carbons (Fsp3) is 0.370. The normalized spacial score (nSPS) is 14.0. The maximum Gasteiger partial charge on any atom is 0.459 e. The van der Waals surface area contributed by atoms with Gasteiger partial charge in [0.25, 0.3) is 5.56 Å². The number of aliphatic imine (C=N–C) groups is 1. The Morgan fingerprint density at radius 3 is 2.69 bits per heavy atom. The van der Waals surface area contributed by atoms with Crippen molar-refractivity contribution in [2.24, 2.45) is 10.9 Å². The van der Waals surface area contributed by atoms with Crippen LogP contribution in [0.5, 0.6) is 5.75 Å². The molecule has 15 heteroatoms. The van der Waals surface area contributed by atoms with E-state index in [0.29, 0.717) is 5.75 Å². The zero-order valence-corrected chi connectivity index (χ0v) is 24.9. The van der Waals surface area contributed by atoms with Crippen LogP contribution >= 0.6 is 7.75 Å². The molecule has 0 spiro atoms. The van der Waals surface area contributed by atoms with E-state index in [1.165, 1.54) is 24.3 Å². The van der Waals surface area contributed by atoms with Crippen molar-refractivity contribution < 1.29 is 27.9 Å². The Hall–Kier alpha value is -4.10. The number of hydrogen-bond donors (Lipinski definition) is 2. The van der Waals surface area contributed by atoms with E-state index in [1.54, 1.807) is 45.0 Å². The second-order valence-electron chi connectivity index (χ2n) is 9.79. The molecule has 0 aliphatic carbocycles. The zero-order chi connectivity index (χ0) is 30.3. The van der Waals surface area contributed by atoms with E-state index in [9.17, 15) is 14.2 Å². The van der Waals surface area contributed by atoms with E-state index < -0.39 is 25.3 Å². The van der Waals surface area contributed by atoms with Crippen molar-refractivity contribution in [2.75, 3.05) is 34.4 Å². The minimum atomic E-state index is -4.12. The molecule has 14 nitrogen and oxygen atoms in total. The summed E-state index contributed by atoms with van der Waals surface area (Å²) in [4.78, 5) is 41.7. The smallest absolute Gasteiger partial charge is 0.459 e. The first-order valence-electron chi connectivity index (χ1n) is 13.1. The van der Waals surface area contributed by atoms with Crippen LogP contribution in [0, 0.1) is 5.92 Å². The van der Waals surface area contributed by atoms with Crippen LogP contribution in [0.25, 0.3) is 21.9 Å². The first kappa shape index (κ1) is 30.8. The highest BCUT2D eigenvalue weighted by atomic mass is 31.2. The van der Waals surface area contributed by atoms with Gasteiger partial charge in [-0.05, 0) is 17.4 Å². The molecule has 0 aliphatic rings. The van der Waals surface area contributed by atoms with Gasteiger partial charge in [0.1, 0.15) is 18.5 Å². The SMILES string of the molecule is COC(=O)[C@H](NP(=O)(OCCOCn1cnc2c(=O)[nH]c(/N=C/N(C)C)nc21)Oc1cccc2ccccc12)C(C)C. The van der Waals surface area contributed by atoms with E-state index in [4.69, 9.17) is 18.5 Å². The summed E-state index contributed by atoms with van der Waals surface area (Å²) < 4.78 is 37.8. The van der Waals surface area contributed by atoms with Crippen LogP contribution in [0.3, 0.4) is 0 Å². The van der Waals surface area contributed by atoms with Crippen molar-refractivity contribution >= 4 is 47.9 Å². The molecule has 2 aromatic carbocycles. The number of esters is 1. The molecule has 4 aromatic rings. The summed E-state index contributed by atoms with van der Waals surface area (Å²) in [6.07, 6.45) is 2.93. The molecule has 0 saturated carbocycles. The summed E-state index contributed by atoms with van der Waals surface area (Å²) in [6, 6.07) is 11.9. The minimum absolute atomic E-state index is 0.0103. The maximum absolute atomic E-state index is 14.0. The van der Waals surface area contributed by atoms with Crippen molar-refractivity contribution in [3.05, 3.63) is 59.1 Å². The van der Waals surface area contributed by atoms with E-state index >= 15 is 0 Å². The van der Waals surface area contributed by atoms with Gasteiger partial charge in [-0.1, -0.05) is 50.2 Å².